The van der Waals surface area contributed by atoms with Crippen molar-refractivity contribution in [2.45, 2.75) is 25.6 Å². The molecule has 1 atom stereocenters. The van der Waals surface area contributed by atoms with Crippen LogP contribution in [0.3, 0.4) is 0 Å². The van der Waals surface area contributed by atoms with Gasteiger partial charge < -0.3 is 4.74 Å². The highest BCUT2D eigenvalue weighted by Gasteiger charge is 2.32. The average Bonchev–Trinajstić information content (AvgIpc) is 2.97. The largest absolute Gasteiger partial charge is 0.497 e. The van der Waals surface area contributed by atoms with E-state index in [1.54, 1.807) is 13.2 Å². The molecule has 3 rings (SSSR count). The second-order valence-corrected chi connectivity index (χ2v) is 9.18. The SMILES string of the molecule is COc1ccc(CN(Cc2ccc(F)cc2Cl)C2CCS(=O)(=O)C2)cc1. The molecule has 1 aliphatic heterocycles. The van der Waals surface area contributed by atoms with Crippen LogP contribution >= 0.6 is 11.6 Å². The molecule has 0 radical (unpaired) electrons. The van der Waals surface area contributed by atoms with E-state index in [4.69, 9.17) is 16.3 Å². The second-order valence-electron chi connectivity index (χ2n) is 6.55. The van der Waals surface area contributed by atoms with Crippen molar-refractivity contribution in [1.82, 2.24) is 4.90 Å². The van der Waals surface area contributed by atoms with Gasteiger partial charge in [0.05, 0.1) is 18.6 Å². The maximum Gasteiger partial charge on any atom is 0.151 e. The summed E-state index contributed by atoms with van der Waals surface area (Å²) in [5.41, 5.74) is 1.83. The Hall–Kier alpha value is -1.63. The third-order valence-corrected chi connectivity index (χ3v) is 6.76. The van der Waals surface area contributed by atoms with E-state index in [2.05, 4.69) is 4.90 Å². The smallest absolute Gasteiger partial charge is 0.151 e. The monoisotopic (exact) mass is 397 g/mol. The Bertz CT molecular complexity index is 871. The van der Waals surface area contributed by atoms with Gasteiger partial charge in [0.15, 0.2) is 9.84 Å². The number of nitrogens with zero attached hydrogens (tertiary/aromatic N) is 1. The Kier molecular flexibility index (Phi) is 5.85. The Morgan fingerprint density at radius 2 is 1.92 bits per heavy atom. The minimum atomic E-state index is -3.01. The first-order valence-corrected chi connectivity index (χ1v) is 10.6. The van der Waals surface area contributed by atoms with Crippen molar-refractivity contribution < 1.29 is 17.5 Å². The number of rotatable bonds is 6. The molecule has 0 N–H and O–H groups in total. The zero-order valence-electron chi connectivity index (χ0n) is 14.5. The van der Waals surface area contributed by atoms with Gasteiger partial charge >= 0.3 is 0 Å². The fourth-order valence-corrected chi connectivity index (χ4v) is 5.20. The van der Waals surface area contributed by atoms with E-state index in [1.165, 1.54) is 12.1 Å². The lowest BCUT2D eigenvalue weighted by molar-refractivity contribution is 0.194. The summed E-state index contributed by atoms with van der Waals surface area (Å²) in [5.74, 6) is 0.727. The first kappa shape index (κ1) is 19.1. The van der Waals surface area contributed by atoms with Gasteiger partial charge in [-0.1, -0.05) is 29.8 Å². The van der Waals surface area contributed by atoms with Crippen LogP contribution in [0.15, 0.2) is 42.5 Å². The van der Waals surface area contributed by atoms with Crippen LogP contribution in [0.4, 0.5) is 4.39 Å². The first-order valence-electron chi connectivity index (χ1n) is 8.37. The third kappa shape index (κ3) is 4.75. The minimum Gasteiger partial charge on any atom is -0.497 e. The van der Waals surface area contributed by atoms with Gasteiger partial charge in [-0.2, -0.15) is 0 Å². The number of methoxy groups -OCH3 is 1. The molecule has 1 fully saturated rings. The van der Waals surface area contributed by atoms with Crippen LogP contribution in [0, 0.1) is 5.82 Å². The average molecular weight is 398 g/mol. The van der Waals surface area contributed by atoms with Gasteiger partial charge in [-0.25, -0.2) is 12.8 Å². The van der Waals surface area contributed by atoms with Gasteiger partial charge in [0.1, 0.15) is 11.6 Å². The molecule has 1 heterocycles. The topological polar surface area (TPSA) is 46.6 Å². The number of sulfone groups is 1. The molecule has 0 bridgehead atoms. The summed E-state index contributed by atoms with van der Waals surface area (Å²) in [5, 5.41) is 0.352. The number of halogens is 2. The van der Waals surface area contributed by atoms with Crippen molar-refractivity contribution in [3.63, 3.8) is 0 Å². The Labute approximate surface area is 158 Å². The lowest BCUT2D eigenvalue weighted by Gasteiger charge is -2.28. The molecule has 0 aliphatic carbocycles. The fraction of sp³-hybridized carbons (Fsp3) is 0.368. The third-order valence-electron chi connectivity index (χ3n) is 4.66. The number of hydrogen-bond acceptors (Lipinski definition) is 4. The molecule has 0 amide bonds. The molecule has 0 saturated carbocycles. The Morgan fingerprint density at radius 3 is 2.50 bits per heavy atom. The maximum atomic E-state index is 13.3. The van der Waals surface area contributed by atoms with Crippen molar-refractivity contribution in [3.05, 3.63) is 64.4 Å². The van der Waals surface area contributed by atoms with Crippen LogP contribution in [-0.4, -0.2) is 38.0 Å². The standard InChI is InChI=1S/C19H21ClFNO3S/c1-25-18-6-2-14(3-7-18)11-22(17-8-9-26(23,24)13-17)12-15-4-5-16(21)10-19(15)20/h2-7,10,17H,8-9,11-13H2,1H3. The number of ether oxygens (including phenoxy) is 1. The van der Waals surface area contributed by atoms with Crippen LogP contribution in [0.25, 0.3) is 0 Å². The summed E-state index contributed by atoms with van der Waals surface area (Å²) in [6.45, 7) is 1.04. The number of hydrogen-bond donors (Lipinski definition) is 0. The van der Waals surface area contributed by atoms with Crippen LogP contribution in [-0.2, 0) is 22.9 Å². The zero-order chi connectivity index (χ0) is 18.7. The van der Waals surface area contributed by atoms with Crippen LogP contribution in [0.5, 0.6) is 5.75 Å². The van der Waals surface area contributed by atoms with Crippen LogP contribution in [0.1, 0.15) is 17.5 Å². The van der Waals surface area contributed by atoms with Crippen molar-refractivity contribution in [1.29, 1.82) is 0 Å². The Morgan fingerprint density at radius 1 is 1.19 bits per heavy atom. The van der Waals surface area contributed by atoms with Gasteiger partial charge in [0.25, 0.3) is 0 Å². The van der Waals surface area contributed by atoms with E-state index in [9.17, 15) is 12.8 Å². The highest BCUT2D eigenvalue weighted by atomic mass is 35.5. The molecule has 0 spiro atoms. The van der Waals surface area contributed by atoms with E-state index < -0.39 is 9.84 Å². The molecule has 7 heteroatoms. The Balaban J connectivity index is 1.83. The van der Waals surface area contributed by atoms with Gasteiger partial charge in [0, 0.05) is 24.2 Å². The van der Waals surface area contributed by atoms with E-state index >= 15 is 0 Å². The van der Waals surface area contributed by atoms with Crippen LogP contribution < -0.4 is 4.74 Å². The summed E-state index contributed by atoms with van der Waals surface area (Å²) in [6, 6.07) is 11.9. The summed E-state index contributed by atoms with van der Waals surface area (Å²) in [6.07, 6.45) is 0.595. The quantitative estimate of drug-likeness (QED) is 0.746. The lowest BCUT2D eigenvalue weighted by Crippen LogP contribution is -2.35. The van der Waals surface area contributed by atoms with Gasteiger partial charge in [0.2, 0.25) is 0 Å². The molecular formula is C19H21ClFNO3S. The lowest BCUT2D eigenvalue weighted by atomic mass is 10.1. The van der Waals surface area contributed by atoms with E-state index in [-0.39, 0.29) is 23.4 Å². The molecule has 2 aromatic carbocycles. The van der Waals surface area contributed by atoms with E-state index in [0.29, 0.717) is 24.5 Å². The summed E-state index contributed by atoms with van der Waals surface area (Å²) in [4.78, 5) is 2.10. The summed E-state index contributed by atoms with van der Waals surface area (Å²) < 4.78 is 42.3. The molecular weight excluding hydrogens is 377 g/mol. The molecule has 4 nitrogen and oxygen atoms in total. The van der Waals surface area contributed by atoms with Crippen molar-refractivity contribution in [2.75, 3.05) is 18.6 Å². The van der Waals surface area contributed by atoms with Gasteiger partial charge in [-0.3, -0.25) is 4.90 Å². The fourth-order valence-electron chi connectivity index (χ4n) is 3.21. The summed E-state index contributed by atoms with van der Waals surface area (Å²) >= 11 is 6.18. The molecule has 26 heavy (non-hydrogen) atoms. The van der Waals surface area contributed by atoms with Crippen molar-refractivity contribution >= 4 is 21.4 Å². The second kappa shape index (κ2) is 7.94. The van der Waals surface area contributed by atoms with Crippen molar-refractivity contribution in [2.24, 2.45) is 0 Å². The van der Waals surface area contributed by atoms with E-state index in [1.807, 2.05) is 24.3 Å². The molecule has 2 aromatic rings. The molecule has 140 valence electrons. The van der Waals surface area contributed by atoms with Crippen molar-refractivity contribution in [3.8, 4) is 5.75 Å². The minimum absolute atomic E-state index is 0.0804. The predicted molar refractivity (Wildman–Crippen MR) is 101 cm³/mol. The van der Waals surface area contributed by atoms with Gasteiger partial charge in [-0.15, -0.1) is 0 Å². The highest BCUT2D eigenvalue weighted by molar-refractivity contribution is 7.91. The molecule has 1 aliphatic rings. The highest BCUT2D eigenvalue weighted by Crippen LogP contribution is 2.26. The van der Waals surface area contributed by atoms with Gasteiger partial charge in [-0.05, 0) is 41.8 Å². The number of benzene rings is 2. The van der Waals surface area contributed by atoms with Crippen LogP contribution in [0.2, 0.25) is 5.02 Å². The molecule has 1 unspecified atom stereocenters. The summed E-state index contributed by atoms with van der Waals surface area (Å²) in [7, 11) is -1.39. The van der Waals surface area contributed by atoms with E-state index in [0.717, 1.165) is 16.9 Å². The molecule has 0 aromatic heterocycles. The first-order chi connectivity index (χ1) is 12.4. The maximum absolute atomic E-state index is 13.3. The zero-order valence-corrected chi connectivity index (χ0v) is 16.1. The molecule has 1 saturated heterocycles. The normalized spacial score (nSPS) is 19.0. The predicted octanol–water partition coefficient (Wildman–Crippen LogP) is 3.68.